The molecule has 23 heavy (non-hydrogen) atoms. The van der Waals surface area contributed by atoms with Crippen LogP contribution >= 0.6 is 0 Å². The van der Waals surface area contributed by atoms with Crippen LogP contribution < -0.4 is 10.9 Å². The van der Waals surface area contributed by atoms with Crippen LogP contribution in [0.4, 0.5) is 0 Å². The Hall–Kier alpha value is -1.62. The van der Waals surface area contributed by atoms with E-state index >= 15 is 0 Å². The highest BCUT2D eigenvalue weighted by atomic mass is 16.5. The first-order chi connectivity index (χ1) is 10.9. The highest BCUT2D eigenvalue weighted by Gasteiger charge is 2.08. The van der Waals surface area contributed by atoms with Gasteiger partial charge in [0.25, 0.3) is 0 Å². The fraction of sp³-hybridized carbons (Fsp3) is 0.667. The Morgan fingerprint density at radius 3 is 2.43 bits per heavy atom. The number of hydrogen-bond donors (Lipinski definition) is 2. The van der Waals surface area contributed by atoms with Gasteiger partial charge in [-0.3, -0.25) is 20.4 Å². The third-order valence-corrected chi connectivity index (χ3v) is 2.96. The standard InChI is InChI=1S/C11H16N2O2.C5H12O.C2H6/c14-9-12-13-11(15)8-7-10-5-3-1-2-4-6-10;1-5(2,3)6-4;1-2/h1-3,5,9-10H,4,6-8H2,(H,12,14)(H,13,15);1-4H3;1-2H3. The average Bonchev–Trinajstić information content (AvgIpc) is 2.81. The zero-order valence-electron chi connectivity index (χ0n) is 15.5. The molecule has 5 nitrogen and oxygen atoms in total. The van der Waals surface area contributed by atoms with Crippen molar-refractivity contribution in [1.29, 1.82) is 0 Å². The van der Waals surface area contributed by atoms with Gasteiger partial charge in [-0.2, -0.15) is 0 Å². The van der Waals surface area contributed by atoms with E-state index in [1.165, 1.54) is 0 Å². The first-order valence-electron chi connectivity index (χ1n) is 8.25. The number of rotatable bonds is 5. The van der Waals surface area contributed by atoms with Crippen molar-refractivity contribution < 1.29 is 14.3 Å². The molecular weight excluding hydrogens is 292 g/mol. The summed E-state index contributed by atoms with van der Waals surface area (Å²) in [5, 5.41) is 0. The van der Waals surface area contributed by atoms with E-state index in [1.54, 1.807) is 7.11 Å². The van der Waals surface area contributed by atoms with Crippen LogP contribution in [0.25, 0.3) is 0 Å². The molecule has 0 saturated heterocycles. The van der Waals surface area contributed by atoms with Crippen molar-refractivity contribution in [2.24, 2.45) is 5.92 Å². The molecule has 0 fully saturated rings. The number of amides is 2. The summed E-state index contributed by atoms with van der Waals surface area (Å²) in [5.74, 6) is 0.315. The molecule has 0 heterocycles. The molecule has 0 spiro atoms. The fourth-order valence-electron chi connectivity index (χ4n) is 1.53. The quantitative estimate of drug-likeness (QED) is 0.600. The van der Waals surface area contributed by atoms with Crippen LogP contribution in [0.1, 0.15) is 60.3 Å². The molecule has 0 aromatic carbocycles. The number of nitrogens with one attached hydrogen (secondary N) is 2. The zero-order valence-corrected chi connectivity index (χ0v) is 15.5. The van der Waals surface area contributed by atoms with Gasteiger partial charge in [0.15, 0.2) is 0 Å². The van der Waals surface area contributed by atoms with E-state index in [4.69, 9.17) is 4.74 Å². The van der Waals surface area contributed by atoms with Gasteiger partial charge in [0.1, 0.15) is 0 Å². The molecule has 0 aliphatic heterocycles. The van der Waals surface area contributed by atoms with Crippen molar-refractivity contribution in [1.82, 2.24) is 10.9 Å². The van der Waals surface area contributed by atoms with Crippen LogP contribution in [-0.4, -0.2) is 25.0 Å². The first kappa shape index (κ1) is 23.6. The Morgan fingerprint density at radius 1 is 1.30 bits per heavy atom. The lowest BCUT2D eigenvalue weighted by atomic mass is 9.98. The second-order valence-electron chi connectivity index (χ2n) is 5.82. The maximum absolute atomic E-state index is 11.2. The summed E-state index contributed by atoms with van der Waals surface area (Å²) in [4.78, 5) is 21.1. The minimum Gasteiger partial charge on any atom is -0.379 e. The van der Waals surface area contributed by atoms with Crippen LogP contribution in [-0.2, 0) is 14.3 Å². The molecule has 1 aliphatic rings. The molecule has 0 radical (unpaired) electrons. The second kappa shape index (κ2) is 15.3. The fourth-order valence-corrected chi connectivity index (χ4v) is 1.53. The van der Waals surface area contributed by atoms with Crippen molar-refractivity contribution >= 4 is 12.3 Å². The minimum atomic E-state index is -0.146. The van der Waals surface area contributed by atoms with Gasteiger partial charge in [0.05, 0.1) is 5.60 Å². The van der Waals surface area contributed by atoms with Gasteiger partial charge in [-0.1, -0.05) is 38.2 Å². The van der Waals surface area contributed by atoms with Crippen molar-refractivity contribution in [3.05, 3.63) is 24.3 Å². The van der Waals surface area contributed by atoms with Gasteiger partial charge >= 0.3 is 0 Å². The normalized spacial score (nSPS) is 16.0. The topological polar surface area (TPSA) is 67.4 Å². The molecule has 1 rings (SSSR count). The summed E-state index contributed by atoms with van der Waals surface area (Å²) in [6, 6.07) is 0. The average molecular weight is 326 g/mol. The molecular formula is C18H34N2O3. The number of carbonyl (C=O) groups is 2. The van der Waals surface area contributed by atoms with E-state index < -0.39 is 0 Å². The summed E-state index contributed by atoms with van der Waals surface area (Å²) in [6.07, 6.45) is 12.2. The predicted octanol–water partition coefficient (Wildman–Crippen LogP) is 3.52. The summed E-state index contributed by atoms with van der Waals surface area (Å²) >= 11 is 0. The smallest absolute Gasteiger partial charge is 0.238 e. The molecule has 134 valence electrons. The Balaban J connectivity index is 0. The summed E-state index contributed by atoms with van der Waals surface area (Å²) in [6.45, 7) is 10.1. The number of carbonyl (C=O) groups excluding carboxylic acids is 2. The molecule has 2 amide bonds. The highest BCUT2D eigenvalue weighted by Crippen LogP contribution is 2.17. The molecule has 1 atom stereocenters. The zero-order chi connectivity index (χ0) is 18.1. The van der Waals surface area contributed by atoms with E-state index in [2.05, 4.69) is 23.0 Å². The highest BCUT2D eigenvalue weighted by molar-refractivity contribution is 5.76. The molecule has 0 bridgehead atoms. The van der Waals surface area contributed by atoms with E-state index in [9.17, 15) is 9.59 Å². The van der Waals surface area contributed by atoms with Gasteiger partial charge in [-0.15, -0.1) is 0 Å². The Labute approximate surface area is 141 Å². The molecule has 0 saturated carbocycles. The first-order valence-corrected chi connectivity index (χ1v) is 8.25. The maximum atomic E-state index is 11.2. The lowest BCUT2D eigenvalue weighted by Gasteiger charge is -2.14. The minimum absolute atomic E-state index is 0.0417. The van der Waals surface area contributed by atoms with Gasteiger partial charge in [0, 0.05) is 13.5 Å². The van der Waals surface area contributed by atoms with E-state index in [-0.39, 0.29) is 11.5 Å². The summed E-state index contributed by atoms with van der Waals surface area (Å²) in [7, 11) is 1.71. The van der Waals surface area contributed by atoms with Crippen LogP contribution in [0.3, 0.4) is 0 Å². The third-order valence-electron chi connectivity index (χ3n) is 2.96. The van der Waals surface area contributed by atoms with Crippen LogP contribution in [0.5, 0.6) is 0 Å². The Kier molecular flexibility index (Phi) is 15.7. The van der Waals surface area contributed by atoms with Gasteiger partial charge in [-0.05, 0) is 46.0 Å². The van der Waals surface area contributed by atoms with Crippen LogP contribution in [0.2, 0.25) is 0 Å². The Bertz CT molecular complexity index is 358. The van der Waals surface area contributed by atoms with E-state index in [1.807, 2.05) is 46.8 Å². The van der Waals surface area contributed by atoms with Crippen molar-refractivity contribution in [3.63, 3.8) is 0 Å². The number of hydrazine groups is 1. The van der Waals surface area contributed by atoms with E-state index in [0.29, 0.717) is 18.7 Å². The van der Waals surface area contributed by atoms with Crippen LogP contribution in [0.15, 0.2) is 24.3 Å². The Morgan fingerprint density at radius 2 is 1.91 bits per heavy atom. The maximum Gasteiger partial charge on any atom is 0.238 e. The number of ether oxygens (including phenoxy) is 1. The predicted molar refractivity (Wildman–Crippen MR) is 95.7 cm³/mol. The van der Waals surface area contributed by atoms with Crippen molar-refractivity contribution in [2.75, 3.05) is 7.11 Å². The number of hydrogen-bond acceptors (Lipinski definition) is 3. The summed E-state index contributed by atoms with van der Waals surface area (Å²) in [5.41, 5.74) is 4.47. The van der Waals surface area contributed by atoms with Crippen molar-refractivity contribution in [2.45, 2.75) is 65.9 Å². The number of methoxy groups -OCH3 is 1. The third kappa shape index (κ3) is 18.3. The largest absolute Gasteiger partial charge is 0.379 e. The molecule has 1 unspecified atom stereocenters. The SMILES string of the molecule is CC.COC(C)(C)C.O=CNNC(=O)CCC1C=CC=CCC1. The molecule has 2 N–H and O–H groups in total. The molecule has 1 aliphatic carbocycles. The molecule has 0 aromatic rings. The second-order valence-corrected chi connectivity index (χ2v) is 5.82. The van der Waals surface area contributed by atoms with Gasteiger partial charge < -0.3 is 4.74 Å². The molecule has 5 heteroatoms. The summed E-state index contributed by atoms with van der Waals surface area (Å²) < 4.78 is 4.94. The lowest BCUT2D eigenvalue weighted by molar-refractivity contribution is -0.124. The number of allylic oxidation sites excluding steroid dienone is 4. The lowest BCUT2D eigenvalue weighted by Crippen LogP contribution is -2.36. The molecule has 0 aromatic heterocycles. The van der Waals surface area contributed by atoms with E-state index in [0.717, 1.165) is 19.3 Å². The van der Waals surface area contributed by atoms with Crippen LogP contribution in [0, 0.1) is 5.92 Å². The van der Waals surface area contributed by atoms with Gasteiger partial charge in [-0.25, -0.2) is 0 Å². The van der Waals surface area contributed by atoms with Crippen molar-refractivity contribution in [3.8, 4) is 0 Å². The monoisotopic (exact) mass is 326 g/mol. The van der Waals surface area contributed by atoms with Gasteiger partial charge in [0.2, 0.25) is 12.3 Å².